The number of nitrogens with one attached hydrogen (secondary N) is 1. The van der Waals surface area contributed by atoms with Crippen molar-refractivity contribution in [3.05, 3.63) is 36.7 Å². The zero-order valence-corrected chi connectivity index (χ0v) is 16.2. The van der Waals surface area contributed by atoms with E-state index in [2.05, 4.69) is 20.0 Å². The molecule has 2 aromatic rings. The predicted octanol–water partition coefficient (Wildman–Crippen LogP) is 1.51. The minimum atomic E-state index is -3.69. The Hall–Kier alpha value is -2.92. The fourth-order valence-electron chi connectivity index (χ4n) is 2.73. The van der Waals surface area contributed by atoms with Gasteiger partial charge in [-0.2, -0.15) is 4.31 Å². The number of aromatic nitrogens is 2. The van der Waals surface area contributed by atoms with E-state index in [0.717, 1.165) is 0 Å². The molecule has 150 valence electrons. The van der Waals surface area contributed by atoms with Gasteiger partial charge in [-0.25, -0.2) is 23.2 Å². The third-order valence-corrected chi connectivity index (χ3v) is 6.02. The smallest absolute Gasteiger partial charge is 0.411 e. The third kappa shape index (κ3) is 4.31. The van der Waals surface area contributed by atoms with Crippen LogP contribution in [0.5, 0.6) is 11.8 Å². The fourth-order valence-corrected chi connectivity index (χ4v) is 4.22. The van der Waals surface area contributed by atoms with Crippen molar-refractivity contribution in [1.29, 1.82) is 0 Å². The van der Waals surface area contributed by atoms with Gasteiger partial charge in [0.15, 0.2) is 0 Å². The largest absolute Gasteiger partial charge is 0.477 e. The van der Waals surface area contributed by atoms with Crippen LogP contribution >= 0.6 is 0 Å². The summed E-state index contributed by atoms with van der Waals surface area (Å²) in [6.07, 6.45) is 2.48. The second-order valence-corrected chi connectivity index (χ2v) is 7.84. The predicted molar refractivity (Wildman–Crippen MR) is 98.8 cm³/mol. The Morgan fingerprint density at radius 3 is 2.46 bits per heavy atom. The highest BCUT2D eigenvalue weighted by Gasteiger charge is 2.34. The number of hydrogen-bond donors (Lipinski definition) is 1. The standard InChI is InChI=1S/C17H20N4O6S/c1-25-15-16(19-9-8-18-15)27-13-7-10-21(11-13)28(23,24)14-5-3-12(4-6-14)20-17(22)26-2/h3-6,8-9,13H,7,10-11H2,1-2H3,(H,20,22). The molecule has 1 atom stereocenters. The molecule has 1 fully saturated rings. The van der Waals surface area contributed by atoms with Gasteiger partial charge in [-0.1, -0.05) is 0 Å². The number of carbonyl (C=O) groups excluding carboxylic acids is 1. The Morgan fingerprint density at radius 1 is 1.14 bits per heavy atom. The zero-order chi connectivity index (χ0) is 20.1. The molecule has 11 heteroatoms. The summed E-state index contributed by atoms with van der Waals surface area (Å²) in [6.45, 7) is 0.502. The van der Waals surface area contributed by atoms with Gasteiger partial charge in [-0.3, -0.25) is 5.32 Å². The van der Waals surface area contributed by atoms with Crippen molar-refractivity contribution < 1.29 is 27.4 Å². The van der Waals surface area contributed by atoms with Gasteiger partial charge in [0.1, 0.15) is 6.10 Å². The van der Waals surface area contributed by atoms with Gasteiger partial charge in [-0.05, 0) is 30.7 Å². The van der Waals surface area contributed by atoms with Crippen LogP contribution in [-0.2, 0) is 14.8 Å². The van der Waals surface area contributed by atoms with E-state index < -0.39 is 16.1 Å². The molecule has 1 unspecified atom stereocenters. The minimum absolute atomic E-state index is 0.126. The van der Waals surface area contributed by atoms with Crippen LogP contribution in [0.4, 0.5) is 10.5 Å². The molecule has 1 aromatic heterocycles. The van der Waals surface area contributed by atoms with E-state index in [9.17, 15) is 13.2 Å². The molecule has 1 aliphatic heterocycles. The lowest BCUT2D eigenvalue weighted by Crippen LogP contribution is -2.31. The van der Waals surface area contributed by atoms with E-state index in [1.54, 1.807) is 0 Å². The number of anilines is 1. The van der Waals surface area contributed by atoms with Crippen molar-refractivity contribution in [2.24, 2.45) is 0 Å². The first kappa shape index (κ1) is 19.8. The maximum Gasteiger partial charge on any atom is 0.411 e. The lowest BCUT2D eigenvalue weighted by Gasteiger charge is -2.17. The number of benzene rings is 1. The van der Waals surface area contributed by atoms with Gasteiger partial charge in [0.2, 0.25) is 10.0 Å². The van der Waals surface area contributed by atoms with Crippen LogP contribution in [0.25, 0.3) is 0 Å². The number of nitrogens with zero attached hydrogens (tertiary/aromatic N) is 3. The van der Waals surface area contributed by atoms with Gasteiger partial charge in [-0.15, -0.1) is 0 Å². The highest BCUT2D eigenvalue weighted by Crippen LogP contribution is 2.27. The summed E-state index contributed by atoms with van der Waals surface area (Å²) >= 11 is 0. The minimum Gasteiger partial charge on any atom is -0.477 e. The summed E-state index contributed by atoms with van der Waals surface area (Å²) in [5, 5.41) is 2.47. The Bertz CT molecular complexity index is 935. The molecule has 2 heterocycles. The van der Waals surface area contributed by atoms with Gasteiger partial charge in [0, 0.05) is 24.6 Å². The highest BCUT2D eigenvalue weighted by molar-refractivity contribution is 7.89. The lowest BCUT2D eigenvalue weighted by atomic mass is 10.3. The molecule has 1 aliphatic rings. The summed E-state index contributed by atoms with van der Waals surface area (Å²) in [6, 6.07) is 5.86. The molecular weight excluding hydrogens is 388 g/mol. The molecule has 0 aliphatic carbocycles. The number of carbonyl (C=O) groups is 1. The van der Waals surface area contributed by atoms with Gasteiger partial charge in [0.25, 0.3) is 11.8 Å². The SMILES string of the molecule is COC(=O)Nc1ccc(S(=O)(=O)N2CCC(Oc3nccnc3OC)C2)cc1. The second kappa shape index (κ2) is 8.40. The number of ether oxygens (including phenoxy) is 3. The van der Waals surface area contributed by atoms with E-state index in [-0.39, 0.29) is 29.3 Å². The fraction of sp³-hybridized carbons (Fsp3) is 0.353. The van der Waals surface area contributed by atoms with Gasteiger partial charge in [0.05, 0.1) is 25.7 Å². The van der Waals surface area contributed by atoms with Crippen LogP contribution in [0.1, 0.15) is 6.42 Å². The Morgan fingerprint density at radius 2 is 1.82 bits per heavy atom. The zero-order valence-electron chi connectivity index (χ0n) is 15.4. The van der Waals surface area contributed by atoms with Crippen molar-refractivity contribution in [3.63, 3.8) is 0 Å². The molecule has 0 radical (unpaired) electrons. The summed E-state index contributed by atoms with van der Waals surface area (Å²) in [4.78, 5) is 19.4. The molecule has 1 amide bonds. The number of methoxy groups -OCH3 is 2. The summed E-state index contributed by atoms with van der Waals surface area (Å²) in [5.74, 6) is 0.477. The normalized spacial score (nSPS) is 17.1. The average molecular weight is 408 g/mol. The number of hydrogen-bond acceptors (Lipinski definition) is 8. The molecule has 1 aromatic carbocycles. The maximum absolute atomic E-state index is 12.9. The first-order valence-electron chi connectivity index (χ1n) is 8.41. The topological polar surface area (TPSA) is 120 Å². The summed E-state index contributed by atoms with van der Waals surface area (Å²) in [7, 11) is -0.982. The molecule has 1 saturated heterocycles. The molecule has 0 bridgehead atoms. The maximum atomic E-state index is 12.9. The van der Waals surface area contributed by atoms with Crippen molar-refractivity contribution >= 4 is 21.8 Å². The number of sulfonamides is 1. The molecule has 10 nitrogen and oxygen atoms in total. The van der Waals surface area contributed by atoms with E-state index in [1.807, 2.05) is 0 Å². The average Bonchev–Trinajstić information content (AvgIpc) is 3.18. The molecule has 28 heavy (non-hydrogen) atoms. The van der Waals surface area contributed by atoms with Crippen LogP contribution in [-0.4, -0.2) is 62.2 Å². The second-order valence-electron chi connectivity index (χ2n) is 5.90. The molecule has 3 rings (SSSR count). The third-order valence-electron chi connectivity index (χ3n) is 4.14. The first-order valence-corrected chi connectivity index (χ1v) is 9.85. The lowest BCUT2D eigenvalue weighted by molar-refractivity contribution is 0.187. The summed E-state index contributed by atoms with van der Waals surface area (Å²) < 4.78 is 42.4. The number of rotatable bonds is 6. The van der Waals surface area contributed by atoms with Crippen molar-refractivity contribution in [2.45, 2.75) is 17.4 Å². The molecule has 0 spiro atoms. The highest BCUT2D eigenvalue weighted by atomic mass is 32.2. The first-order chi connectivity index (χ1) is 13.4. The quantitative estimate of drug-likeness (QED) is 0.764. The van der Waals surface area contributed by atoms with Crippen LogP contribution in [0.3, 0.4) is 0 Å². The van der Waals surface area contributed by atoms with E-state index in [0.29, 0.717) is 18.7 Å². The monoisotopic (exact) mass is 408 g/mol. The molecular formula is C17H20N4O6S. The van der Waals surface area contributed by atoms with Crippen LogP contribution in [0.15, 0.2) is 41.6 Å². The van der Waals surface area contributed by atoms with Gasteiger partial charge < -0.3 is 14.2 Å². The Balaban J connectivity index is 1.67. The molecule has 1 N–H and O–H groups in total. The van der Waals surface area contributed by atoms with Crippen LogP contribution in [0, 0.1) is 0 Å². The molecule has 0 saturated carbocycles. The van der Waals surface area contributed by atoms with Crippen LogP contribution < -0.4 is 14.8 Å². The van der Waals surface area contributed by atoms with E-state index in [1.165, 1.54) is 55.2 Å². The van der Waals surface area contributed by atoms with Crippen LogP contribution in [0.2, 0.25) is 0 Å². The van der Waals surface area contributed by atoms with Crippen molar-refractivity contribution in [2.75, 3.05) is 32.6 Å². The Labute approximate surface area is 162 Å². The van der Waals surface area contributed by atoms with E-state index >= 15 is 0 Å². The van der Waals surface area contributed by atoms with Crippen molar-refractivity contribution in [1.82, 2.24) is 14.3 Å². The summed E-state index contributed by atoms with van der Waals surface area (Å²) in [5.41, 5.74) is 0.433. The Kier molecular flexibility index (Phi) is 5.95. The van der Waals surface area contributed by atoms with Gasteiger partial charge >= 0.3 is 6.09 Å². The van der Waals surface area contributed by atoms with Crippen molar-refractivity contribution in [3.8, 4) is 11.8 Å². The van der Waals surface area contributed by atoms with E-state index in [4.69, 9.17) is 9.47 Å². The number of amides is 1.